The summed E-state index contributed by atoms with van der Waals surface area (Å²) in [5, 5.41) is 5.92. The first-order valence-electron chi connectivity index (χ1n) is 7.81. The number of hydrogen-bond acceptors (Lipinski definition) is 3. The zero-order chi connectivity index (χ0) is 15.9. The first-order valence-corrected chi connectivity index (χ1v) is 7.81. The number of carbonyl (C=O) groups is 2. The minimum absolute atomic E-state index is 0.129. The van der Waals surface area contributed by atoms with Crippen LogP contribution >= 0.6 is 0 Å². The smallest absolute Gasteiger partial charge is 0.337 e. The van der Waals surface area contributed by atoms with Gasteiger partial charge in [-0.15, -0.1) is 0 Å². The quantitative estimate of drug-likeness (QED) is 0.841. The molecule has 1 fully saturated rings. The highest BCUT2D eigenvalue weighted by Crippen LogP contribution is 2.23. The Bertz CT molecular complexity index is 513. The van der Waals surface area contributed by atoms with Crippen LogP contribution in [0.25, 0.3) is 0 Å². The highest BCUT2D eigenvalue weighted by molar-refractivity contribution is 5.89. The predicted molar refractivity (Wildman–Crippen MR) is 84.6 cm³/mol. The van der Waals surface area contributed by atoms with Gasteiger partial charge in [0.2, 0.25) is 0 Å². The number of hydrogen-bond donors (Lipinski definition) is 2. The minimum atomic E-state index is -0.358. The Morgan fingerprint density at radius 1 is 1.18 bits per heavy atom. The van der Waals surface area contributed by atoms with Crippen LogP contribution in [0.2, 0.25) is 0 Å². The van der Waals surface area contributed by atoms with Gasteiger partial charge in [-0.25, -0.2) is 9.59 Å². The van der Waals surface area contributed by atoms with Crippen LogP contribution < -0.4 is 10.6 Å². The summed E-state index contributed by atoms with van der Waals surface area (Å²) < 4.78 is 4.65. The molecule has 1 saturated carbocycles. The number of esters is 1. The first-order chi connectivity index (χ1) is 10.6. The number of nitrogens with one attached hydrogen (secondary N) is 2. The van der Waals surface area contributed by atoms with Crippen molar-refractivity contribution in [1.82, 2.24) is 10.6 Å². The zero-order valence-electron chi connectivity index (χ0n) is 13.2. The second-order valence-corrected chi connectivity index (χ2v) is 5.88. The molecule has 1 aliphatic rings. The molecule has 0 aliphatic heterocycles. The topological polar surface area (TPSA) is 67.4 Å². The Kier molecular flexibility index (Phi) is 5.81. The molecule has 2 N–H and O–H groups in total. The van der Waals surface area contributed by atoms with Gasteiger partial charge in [-0.2, -0.15) is 0 Å². The van der Waals surface area contributed by atoms with E-state index in [1.54, 1.807) is 12.1 Å². The minimum Gasteiger partial charge on any atom is -0.465 e. The fourth-order valence-electron chi connectivity index (χ4n) is 2.81. The molecule has 0 unspecified atom stereocenters. The molecule has 1 aromatic carbocycles. The maximum Gasteiger partial charge on any atom is 0.337 e. The van der Waals surface area contributed by atoms with Gasteiger partial charge < -0.3 is 15.4 Å². The molecule has 120 valence electrons. The number of ether oxygens (including phenoxy) is 1. The highest BCUT2D eigenvalue weighted by atomic mass is 16.5. The van der Waals surface area contributed by atoms with Crippen LogP contribution in [0.1, 0.15) is 48.5 Å². The predicted octanol–water partition coefficient (Wildman–Crippen LogP) is 2.85. The zero-order valence-corrected chi connectivity index (χ0v) is 13.2. The fourth-order valence-corrected chi connectivity index (χ4v) is 2.81. The standard InChI is InChI=1S/C17H24N2O3/c1-12-5-3-4-6-15(12)19-17(21)18-11-13-7-9-14(10-8-13)16(20)22-2/h7-10,12,15H,3-6,11H2,1-2H3,(H2,18,19,21)/t12-,15+/m1/s1. The van der Waals surface area contributed by atoms with Gasteiger partial charge in [0.1, 0.15) is 0 Å². The second-order valence-electron chi connectivity index (χ2n) is 5.88. The first kappa shape index (κ1) is 16.3. The largest absolute Gasteiger partial charge is 0.465 e. The van der Waals surface area contributed by atoms with E-state index in [2.05, 4.69) is 22.3 Å². The monoisotopic (exact) mass is 304 g/mol. The average molecular weight is 304 g/mol. The van der Waals surface area contributed by atoms with Crippen LogP contribution in [-0.2, 0) is 11.3 Å². The van der Waals surface area contributed by atoms with E-state index in [0.29, 0.717) is 18.0 Å². The molecular weight excluding hydrogens is 280 g/mol. The Labute approximate surface area is 131 Å². The lowest BCUT2D eigenvalue weighted by molar-refractivity contribution is 0.0600. The number of carbonyl (C=O) groups excluding carboxylic acids is 2. The Morgan fingerprint density at radius 3 is 2.50 bits per heavy atom. The lowest BCUT2D eigenvalue weighted by Crippen LogP contribution is -2.45. The fraction of sp³-hybridized carbons (Fsp3) is 0.529. The number of amides is 2. The molecule has 2 rings (SSSR count). The van der Waals surface area contributed by atoms with Crippen LogP contribution in [-0.4, -0.2) is 25.2 Å². The summed E-state index contributed by atoms with van der Waals surface area (Å²) in [4.78, 5) is 23.3. The van der Waals surface area contributed by atoms with Crippen LogP contribution in [0.15, 0.2) is 24.3 Å². The Hall–Kier alpha value is -2.04. The molecule has 0 bridgehead atoms. The van der Waals surface area contributed by atoms with Crippen LogP contribution in [0.5, 0.6) is 0 Å². The summed E-state index contributed by atoms with van der Waals surface area (Å²) in [7, 11) is 1.36. The van der Waals surface area contributed by atoms with E-state index in [1.807, 2.05) is 12.1 Å². The van der Waals surface area contributed by atoms with Crippen molar-refractivity contribution in [2.75, 3.05) is 7.11 Å². The number of rotatable bonds is 4. The van der Waals surface area contributed by atoms with Gasteiger partial charge in [0.15, 0.2) is 0 Å². The van der Waals surface area contributed by atoms with Crippen molar-refractivity contribution in [1.29, 1.82) is 0 Å². The molecule has 5 heteroatoms. The summed E-state index contributed by atoms with van der Waals surface area (Å²) in [6, 6.07) is 7.17. The molecule has 2 amide bonds. The van der Waals surface area contributed by atoms with Gasteiger partial charge in [-0.1, -0.05) is 31.9 Å². The van der Waals surface area contributed by atoms with Crippen molar-refractivity contribution in [3.8, 4) is 0 Å². The van der Waals surface area contributed by atoms with E-state index in [0.717, 1.165) is 12.0 Å². The van der Waals surface area contributed by atoms with Gasteiger partial charge in [-0.05, 0) is 36.5 Å². The SMILES string of the molecule is COC(=O)c1ccc(CNC(=O)N[C@H]2CCCC[C@H]2C)cc1. The molecule has 0 spiro atoms. The summed E-state index contributed by atoms with van der Waals surface area (Å²) >= 11 is 0. The van der Waals surface area contributed by atoms with E-state index in [-0.39, 0.29) is 18.0 Å². The lowest BCUT2D eigenvalue weighted by atomic mass is 9.86. The van der Waals surface area contributed by atoms with Crippen LogP contribution in [0.4, 0.5) is 4.79 Å². The summed E-state index contributed by atoms with van der Waals surface area (Å²) in [6.07, 6.45) is 4.68. The molecule has 22 heavy (non-hydrogen) atoms. The third kappa shape index (κ3) is 4.48. The third-order valence-electron chi connectivity index (χ3n) is 4.26. The van der Waals surface area contributed by atoms with Gasteiger partial charge in [0, 0.05) is 12.6 Å². The van der Waals surface area contributed by atoms with E-state index >= 15 is 0 Å². The molecule has 0 aromatic heterocycles. The van der Waals surface area contributed by atoms with Crippen molar-refractivity contribution in [3.63, 3.8) is 0 Å². The molecule has 0 radical (unpaired) electrons. The highest BCUT2D eigenvalue weighted by Gasteiger charge is 2.22. The maximum atomic E-state index is 12.0. The van der Waals surface area contributed by atoms with E-state index in [4.69, 9.17) is 0 Å². The summed E-state index contributed by atoms with van der Waals surface area (Å²) in [6.45, 7) is 2.63. The Balaban J connectivity index is 1.79. The van der Waals surface area contributed by atoms with E-state index in [1.165, 1.54) is 26.4 Å². The number of benzene rings is 1. The molecule has 0 heterocycles. The van der Waals surface area contributed by atoms with Gasteiger partial charge in [-0.3, -0.25) is 0 Å². The molecule has 1 aromatic rings. The average Bonchev–Trinajstić information content (AvgIpc) is 2.55. The third-order valence-corrected chi connectivity index (χ3v) is 4.26. The van der Waals surface area contributed by atoms with Crippen LogP contribution in [0, 0.1) is 5.92 Å². The molecular formula is C17H24N2O3. The van der Waals surface area contributed by atoms with E-state index < -0.39 is 0 Å². The number of urea groups is 1. The van der Waals surface area contributed by atoms with Gasteiger partial charge in [0.25, 0.3) is 0 Å². The molecule has 1 aliphatic carbocycles. The lowest BCUT2D eigenvalue weighted by Gasteiger charge is -2.29. The summed E-state index contributed by atoms with van der Waals surface area (Å²) in [5.41, 5.74) is 1.45. The van der Waals surface area contributed by atoms with Crippen molar-refractivity contribution in [2.24, 2.45) is 5.92 Å². The summed E-state index contributed by atoms with van der Waals surface area (Å²) in [5.74, 6) is 0.183. The van der Waals surface area contributed by atoms with Crippen molar-refractivity contribution >= 4 is 12.0 Å². The maximum absolute atomic E-state index is 12.0. The molecule has 2 atom stereocenters. The Morgan fingerprint density at radius 2 is 1.86 bits per heavy atom. The number of methoxy groups -OCH3 is 1. The normalized spacial score (nSPS) is 21.0. The molecule has 0 saturated heterocycles. The van der Waals surface area contributed by atoms with Gasteiger partial charge >= 0.3 is 12.0 Å². The van der Waals surface area contributed by atoms with Crippen molar-refractivity contribution in [2.45, 2.75) is 45.2 Å². The van der Waals surface area contributed by atoms with Crippen LogP contribution in [0.3, 0.4) is 0 Å². The van der Waals surface area contributed by atoms with Gasteiger partial charge in [0.05, 0.1) is 12.7 Å². The van der Waals surface area contributed by atoms with Crippen molar-refractivity contribution < 1.29 is 14.3 Å². The second kappa shape index (κ2) is 7.82. The van der Waals surface area contributed by atoms with E-state index in [9.17, 15) is 9.59 Å². The molecule has 5 nitrogen and oxygen atoms in total. The van der Waals surface area contributed by atoms with Crippen molar-refractivity contribution in [3.05, 3.63) is 35.4 Å².